The van der Waals surface area contributed by atoms with Crippen LogP contribution < -0.4 is 15.2 Å². The number of rotatable bonds is 20. The van der Waals surface area contributed by atoms with E-state index in [-0.39, 0.29) is 5.54 Å². The fourth-order valence-corrected chi connectivity index (χ4v) is 7.63. The number of hydrogen-bond donors (Lipinski definition) is 3. The Morgan fingerprint density at radius 1 is 0.515 bits per heavy atom. The first-order chi connectivity index (χ1) is 31.8. The molecular weight excluding hydrogens is 815 g/mol. The van der Waals surface area contributed by atoms with Crippen LogP contribution in [0.15, 0.2) is 84.9 Å². The molecule has 5 heterocycles. The summed E-state index contributed by atoms with van der Waals surface area (Å²) < 4.78 is 11.7. The Hall–Kier alpha value is -5.48. The fraction of sp³-hybridized carbons (Fsp3) is 0.439. The number of aromatic nitrogens is 4. The highest BCUT2D eigenvalue weighted by molar-refractivity contribution is 5.93. The van der Waals surface area contributed by atoms with Crippen molar-refractivity contribution in [2.45, 2.75) is 111 Å². The topological polar surface area (TPSA) is 108 Å². The smallest absolute Gasteiger partial charge is 0.119 e. The predicted molar refractivity (Wildman–Crippen MR) is 284 cm³/mol. The minimum Gasteiger partial charge on any atom is -0.494 e. The molecule has 0 spiro atoms. The molecule has 0 saturated heterocycles. The number of hydrogen-bond acceptors (Lipinski definition) is 7. The molecule has 8 bridgehead atoms. The van der Waals surface area contributed by atoms with Crippen LogP contribution in [0.3, 0.4) is 0 Å². The van der Waals surface area contributed by atoms with Gasteiger partial charge in [0.1, 0.15) is 11.5 Å². The van der Waals surface area contributed by atoms with Gasteiger partial charge in [0.05, 0.1) is 36.0 Å². The third kappa shape index (κ3) is 17.1. The molecule has 0 amide bonds. The summed E-state index contributed by atoms with van der Waals surface area (Å²) >= 11 is 0. The maximum absolute atomic E-state index is 5.84. The zero-order valence-corrected chi connectivity index (χ0v) is 41.7. The van der Waals surface area contributed by atoms with Crippen molar-refractivity contribution in [1.29, 1.82) is 0 Å². The van der Waals surface area contributed by atoms with Crippen LogP contribution in [0.2, 0.25) is 0 Å². The van der Waals surface area contributed by atoms with E-state index in [9.17, 15) is 0 Å². The highest BCUT2D eigenvalue weighted by Gasteiger charge is 2.14. The van der Waals surface area contributed by atoms with Gasteiger partial charge in [-0.2, -0.15) is 0 Å². The first-order valence-electron chi connectivity index (χ1n) is 24.5. The number of nitrogens with two attached hydrogens (primary N) is 1. The number of unbranched alkanes of at least 4 members (excludes halogenated alkanes) is 7. The number of fused-ring (bicyclic) bond motifs is 8. The summed E-state index contributed by atoms with van der Waals surface area (Å²) in [5.74, 6) is 1.74. The van der Waals surface area contributed by atoms with Crippen LogP contribution in [0, 0.1) is 0 Å². The number of nitrogens with zero attached hydrogens (tertiary/aromatic N) is 4. The monoisotopic (exact) mass is 894 g/mol. The van der Waals surface area contributed by atoms with Crippen LogP contribution >= 0.6 is 0 Å². The number of ether oxygens (including phenoxy) is 2. The minimum absolute atomic E-state index is 0.00965. The maximum atomic E-state index is 5.84. The molecule has 0 atom stereocenters. The average Bonchev–Trinajstić information content (AvgIpc) is 4.14. The van der Waals surface area contributed by atoms with Crippen molar-refractivity contribution in [3.05, 3.63) is 108 Å². The number of aromatic amines is 2. The second-order valence-electron chi connectivity index (χ2n) is 18.8. The van der Waals surface area contributed by atoms with Gasteiger partial charge in [-0.3, -0.25) is 0 Å². The van der Waals surface area contributed by atoms with E-state index in [0.29, 0.717) is 13.2 Å². The Labute approximate surface area is 396 Å². The number of nitrogens with one attached hydrogen (secondary N) is 2. The van der Waals surface area contributed by atoms with Crippen LogP contribution in [0.25, 0.3) is 68.6 Å². The molecule has 354 valence electrons. The third-order valence-corrected chi connectivity index (χ3v) is 11.3. The van der Waals surface area contributed by atoms with Crippen LogP contribution in [0.4, 0.5) is 0 Å². The quantitative estimate of drug-likeness (QED) is 0.0654. The second kappa shape index (κ2) is 26.6. The predicted octanol–water partition coefficient (Wildman–Crippen LogP) is 13.9. The van der Waals surface area contributed by atoms with E-state index >= 15 is 0 Å². The lowest BCUT2D eigenvalue weighted by Gasteiger charge is -2.20. The number of H-pyrrole nitrogens is 2. The lowest BCUT2D eigenvalue weighted by atomic mass is 10.0. The standard InChI is InChI=1S/C38H34N4O2.C12H27N.C7H18N2/c1-3-21-43-31-13-5-25(6-14-31)37-33-17-9-27(39-33)23-29-11-19-35(41-29)38(26-7-15-32(16-8-26)44-22-4-2)36-20-12-30(42-36)24-28-10-18-34(37)40-28;1-4-5-6-7-8-9-10-11-12-13(2)3;1-7(2,8)5-6-9(3)4/h5-20,23-24,39,42H,3-4,21-22H2,1-2H3;4-12H2,1-3H3;5-6,8H2,1-4H3. The molecule has 0 radical (unpaired) electrons. The molecule has 0 aliphatic carbocycles. The molecule has 2 aliphatic heterocycles. The molecular formula is C57H79N7O2. The second-order valence-corrected chi connectivity index (χ2v) is 18.8. The van der Waals surface area contributed by atoms with Gasteiger partial charge in [0.25, 0.3) is 0 Å². The van der Waals surface area contributed by atoms with Gasteiger partial charge in [-0.15, -0.1) is 0 Å². The van der Waals surface area contributed by atoms with Gasteiger partial charge >= 0.3 is 0 Å². The Bertz CT molecular complexity index is 2290. The first-order valence-corrected chi connectivity index (χ1v) is 24.5. The molecule has 2 aliphatic rings. The Balaban J connectivity index is 0.000000308. The molecule has 0 saturated carbocycles. The molecule has 5 aromatic rings. The molecule has 2 aromatic carbocycles. The first kappa shape index (κ1) is 51.5. The van der Waals surface area contributed by atoms with Crippen LogP contribution in [-0.2, 0) is 0 Å². The molecule has 0 unspecified atom stereocenters. The molecule has 7 rings (SSSR count). The van der Waals surface area contributed by atoms with E-state index in [0.717, 1.165) is 104 Å². The van der Waals surface area contributed by atoms with Gasteiger partial charge in [0.15, 0.2) is 0 Å². The Morgan fingerprint density at radius 2 is 0.939 bits per heavy atom. The summed E-state index contributed by atoms with van der Waals surface area (Å²) in [5, 5.41) is 0. The van der Waals surface area contributed by atoms with Crippen LogP contribution in [-0.4, -0.2) is 89.8 Å². The molecule has 9 heteroatoms. The largest absolute Gasteiger partial charge is 0.494 e. The SMILES string of the molecule is CCCCCCCCCCN(C)C.CCCOc1ccc(-c2c3nc(cc4ccc([nH]4)c(-c4ccc(OCCC)cc4)c4nc(cc5ccc2[nH]5)C=C4)C=C3)cc1.CN(C)CCC(C)(C)N. The van der Waals surface area contributed by atoms with Gasteiger partial charge in [-0.25, -0.2) is 9.97 Å². The molecule has 0 fully saturated rings. The van der Waals surface area contributed by atoms with Crippen molar-refractivity contribution < 1.29 is 9.47 Å². The minimum atomic E-state index is -0.00965. The van der Waals surface area contributed by atoms with Crippen molar-refractivity contribution in [3.8, 4) is 33.8 Å². The third-order valence-electron chi connectivity index (χ3n) is 11.3. The van der Waals surface area contributed by atoms with E-state index in [1.165, 1.54) is 57.9 Å². The summed E-state index contributed by atoms with van der Waals surface area (Å²) in [5.41, 5.74) is 17.4. The summed E-state index contributed by atoms with van der Waals surface area (Å²) in [6.45, 7) is 14.3. The van der Waals surface area contributed by atoms with Crippen molar-refractivity contribution in [1.82, 2.24) is 29.7 Å². The molecule has 4 N–H and O–H groups in total. The Kier molecular flexibility index (Phi) is 20.8. The summed E-state index contributed by atoms with van der Waals surface area (Å²) in [6.07, 6.45) is 22.7. The van der Waals surface area contributed by atoms with Crippen LogP contribution in [0.5, 0.6) is 11.5 Å². The lowest BCUT2D eigenvalue weighted by molar-refractivity contribution is 0.317. The lowest BCUT2D eigenvalue weighted by Crippen LogP contribution is -2.35. The van der Waals surface area contributed by atoms with E-state index in [1.54, 1.807) is 0 Å². The van der Waals surface area contributed by atoms with Crippen LogP contribution in [0.1, 0.15) is 128 Å². The van der Waals surface area contributed by atoms with Crippen molar-refractivity contribution in [2.75, 3.05) is 54.5 Å². The van der Waals surface area contributed by atoms with Gasteiger partial charge in [-0.05, 0) is 177 Å². The molecule has 3 aromatic heterocycles. The zero-order valence-electron chi connectivity index (χ0n) is 41.7. The fourth-order valence-electron chi connectivity index (χ4n) is 7.63. The van der Waals surface area contributed by atoms with E-state index in [4.69, 9.17) is 25.2 Å². The van der Waals surface area contributed by atoms with Gasteiger partial charge in [0, 0.05) is 38.7 Å². The highest BCUT2D eigenvalue weighted by Crippen LogP contribution is 2.33. The summed E-state index contributed by atoms with van der Waals surface area (Å²) in [4.78, 5) is 21.8. The van der Waals surface area contributed by atoms with Crippen molar-refractivity contribution in [3.63, 3.8) is 0 Å². The van der Waals surface area contributed by atoms with Gasteiger partial charge in [-0.1, -0.05) is 90.0 Å². The summed E-state index contributed by atoms with van der Waals surface area (Å²) in [7, 11) is 8.43. The average molecular weight is 894 g/mol. The van der Waals surface area contributed by atoms with E-state index in [2.05, 4.69) is 168 Å². The maximum Gasteiger partial charge on any atom is 0.119 e. The number of benzene rings is 2. The Morgan fingerprint density at radius 3 is 1.32 bits per heavy atom. The van der Waals surface area contributed by atoms with E-state index in [1.807, 2.05) is 24.3 Å². The van der Waals surface area contributed by atoms with Gasteiger partial charge in [0.2, 0.25) is 0 Å². The molecule has 66 heavy (non-hydrogen) atoms. The highest BCUT2D eigenvalue weighted by atomic mass is 16.5. The summed E-state index contributed by atoms with van der Waals surface area (Å²) in [6, 6.07) is 29.1. The van der Waals surface area contributed by atoms with Crippen molar-refractivity contribution >= 4 is 46.4 Å². The van der Waals surface area contributed by atoms with Crippen molar-refractivity contribution in [2.24, 2.45) is 5.73 Å². The normalized spacial score (nSPS) is 11.9. The van der Waals surface area contributed by atoms with Gasteiger partial charge < -0.3 is 35.0 Å². The van der Waals surface area contributed by atoms with E-state index < -0.39 is 0 Å². The zero-order chi connectivity index (χ0) is 47.3. The molecule has 9 nitrogen and oxygen atoms in total.